The van der Waals surface area contributed by atoms with Gasteiger partial charge in [0.15, 0.2) is 0 Å². The summed E-state index contributed by atoms with van der Waals surface area (Å²) >= 11 is 1.97. The molecule has 1 aromatic rings. The Balaban J connectivity index is 2.69. The predicted molar refractivity (Wildman–Crippen MR) is 63.8 cm³/mol. The zero-order chi connectivity index (χ0) is 10.6. The molecule has 0 aliphatic heterocycles. The van der Waals surface area contributed by atoms with Gasteiger partial charge in [-0.05, 0) is 17.6 Å². The Bertz CT molecular complexity index is 315. The van der Waals surface area contributed by atoms with E-state index in [1.165, 1.54) is 0 Å². The molecule has 6 heteroatoms. The molecule has 4 nitrogen and oxygen atoms in total. The highest BCUT2D eigenvalue weighted by atomic mass is 127. The van der Waals surface area contributed by atoms with Crippen molar-refractivity contribution in [2.24, 2.45) is 0 Å². The van der Waals surface area contributed by atoms with Gasteiger partial charge >= 0.3 is 7.12 Å². The topological polar surface area (TPSA) is 69.6 Å². The fourth-order valence-electron chi connectivity index (χ4n) is 0.933. The van der Waals surface area contributed by atoms with Gasteiger partial charge in [0.2, 0.25) is 5.91 Å². The summed E-state index contributed by atoms with van der Waals surface area (Å²) in [7, 11) is -1.47. The molecular formula is C8H9BINO3. The second-order valence-corrected chi connectivity index (χ2v) is 3.44. The number of nitrogens with one attached hydrogen (secondary N) is 1. The smallest absolute Gasteiger partial charge is 0.423 e. The molecule has 3 N–H and O–H groups in total. The maximum absolute atomic E-state index is 11.0. The fraction of sp³-hybridized carbons (Fsp3) is 0.125. The van der Waals surface area contributed by atoms with E-state index in [4.69, 9.17) is 10.0 Å². The van der Waals surface area contributed by atoms with Crippen molar-refractivity contribution in [2.45, 2.75) is 0 Å². The van der Waals surface area contributed by atoms with E-state index in [2.05, 4.69) is 5.32 Å². The van der Waals surface area contributed by atoms with Crippen molar-refractivity contribution in [2.75, 3.05) is 9.74 Å². The van der Waals surface area contributed by atoms with E-state index >= 15 is 0 Å². The Kier molecular flexibility index (Phi) is 4.37. The lowest BCUT2D eigenvalue weighted by Gasteiger charge is -2.04. The molecule has 74 valence electrons. The van der Waals surface area contributed by atoms with E-state index in [-0.39, 0.29) is 5.91 Å². The molecule has 0 bridgehead atoms. The van der Waals surface area contributed by atoms with Crippen molar-refractivity contribution in [3.8, 4) is 0 Å². The molecule has 0 saturated carbocycles. The number of benzene rings is 1. The van der Waals surface area contributed by atoms with Crippen LogP contribution in [0.4, 0.5) is 5.69 Å². The lowest BCUT2D eigenvalue weighted by atomic mass is 9.80. The molecule has 0 unspecified atom stereocenters. The van der Waals surface area contributed by atoms with E-state index in [1.54, 1.807) is 24.3 Å². The average Bonchev–Trinajstić information content (AvgIpc) is 2.18. The third kappa shape index (κ3) is 3.28. The van der Waals surface area contributed by atoms with Crippen molar-refractivity contribution < 1.29 is 14.8 Å². The molecule has 1 amide bonds. The number of carbonyl (C=O) groups excluding carboxylic acids is 1. The summed E-state index contributed by atoms with van der Waals surface area (Å²) < 4.78 is 0.391. The van der Waals surface area contributed by atoms with Crippen LogP contribution < -0.4 is 10.8 Å². The number of amides is 1. The van der Waals surface area contributed by atoms with E-state index in [0.29, 0.717) is 15.6 Å². The van der Waals surface area contributed by atoms with Crippen molar-refractivity contribution in [3.05, 3.63) is 24.3 Å². The van der Waals surface area contributed by atoms with Gasteiger partial charge in [-0.25, -0.2) is 0 Å². The van der Waals surface area contributed by atoms with Crippen LogP contribution in [-0.2, 0) is 4.79 Å². The Morgan fingerprint density at radius 2 is 1.93 bits per heavy atom. The molecule has 0 spiro atoms. The summed E-state index contributed by atoms with van der Waals surface area (Å²) in [5, 5.41) is 20.3. The van der Waals surface area contributed by atoms with Crippen LogP contribution >= 0.6 is 22.6 Å². The zero-order valence-corrected chi connectivity index (χ0v) is 9.43. The molecule has 0 radical (unpaired) electrons. The lowest BCUT2D eigenvalue weighted by molar-refractivity contribution is -0.113. The van der Waals surface area contributed by atoms with Crippen LogP contribution in [0.3, 0.4) is 0 Å². The molecule has 0 aromatic heterocycles. The van der Waals surface area contributed by atoms with E-state index in [0.717, 1.165) is 0 Å². The summed E-state index contributed by atoms with van der Waals surface area (Å²) in [5.74, 6) is -0.0807. The van der Waals surface area contributed by atoms with Crippen LogP contribution in [0.2, 0.25) is 0 Å². The fourth-order valence-corrected chi connectivity index (χ4v) is 1.12. The second kappa shape index (κ2) is 5.33. The van der Waals surface area contributed by atoms with Gasteiger partial charge in [0.25, 0.3) is 0 Å². The van der Waals surface area contributed by atoms with Crippen molar-refractivity contribution in [1.29, 1.82) is 0 Å². The van der Waals surface area contributed by atoms with Crippen LogP contribution in [0.15, 0.2) is 24.3 Å². The molecule has 1 aromatic carbocycles. The Labute approximate surface area is 95.6 Å². The van der Waals surface area contributed by atoms with Gasteiger partial charge in [-0.2, -0.15) is 0 Å². The number of rotatable bonds is 3. The average molecular weight is 305 g/mol. The predicted octanol–water partition coefficient (Wildman–Crippen LogP) is -0.260. The lowest BCUT2D eigenvalue weighted by Crippen LogP contribution is -2.29. The number of halogens is 1. The van der Waals surface area contributed by atoms with Gasteiger partial charge in [0, 0.05) is 5.69 Å². The maximum Gasteiger partial charge on any atom is 0.488 e. The summed E-state index contributed by atoms with van der Waals surface area (Å²) in [5.41, 5.74) is 1.05. The highest BCUT2D eigenvalue weighted by molar-refractivity contribution is 14.1. The van der Waals surface area contributed by atoms with Crippen LogP contribution in [-0.4, -0.2) is 27.5 Å². The highest BCUT2D eigenvalue weighted by Gasteiger charge is 2.09. The van der Waals surface area contributed by atoms with E-state index in [9.17, 15) is 4.79 Å². The molecule has 0 heterocycles. The highest BCUT2D eigenvalue weighted by Crippen LogP contribution is 2.04. The summed E-state index contributed by atoms with van der Waals surface area (Å²) in [4.78, 5) is 11.0. The standard InChI is InChI=1S/C8H9BINO3/c10-5-8(12)11-7-3-1-6(2-4-7)9(13)14/h1-4,13-14H,5H2,(H,11,12). The van der Waals surface area contributed by atoms with Gasteiger partial charge in [-0.1, -0.05) is 34.7 Å². The van der Waals surface area contributed by atoms with Crippen molar-refractivity contribution >= 4 is 46.8 Å². The number of alkyl halides is 1. The number of carbonyl (C=O) groups is 1. The van der Waals surface area contributed by atoms with Gasteiger partial charge in [0.1, 0.15) is 0 Å². The number of hydrogen-bond acceptors (Lipinski definition) is 3. The summed E-state index contributed by atoms with van der Waals surface area (Å²) in [6, 6.07) is 6.35. The molecule has 0 saturated heterocycles. The van der Waals surface area contributed by atoms with E-state index in [1.807, 2.05) is 22.6 Å². The maximum atomic E-state index is 11.0. The quantitative estimate of drug-likeness (QED) is 0.409. The minimum Gasteiger partial charge on any atom is -0.423 e. The molecule has 0 aliphatic rings. The third-order valence-corrected chi connectivity index (χ3v) is 2.31. The summed E-state index contributed by atoms with van der Waals surface area (Å²) in [6.45, 7) is 0. The largest absolute Gasteiger partial charge is 0.488 e. The van der Waals surface area contributed by atoms with Gasteiger partial charge in [0.05, 0.1) is 4.43 Å². The zero-order valence-electron chi connectivity index (χ0n) is 7.27. The molecular weight excluding hydrogens is 296 g/mol. The molecule has 0 fully saturated rings. The van der Waals surface area contributed by atoms with Crippen LogP contribution in [0.25, 0.3) is 0 Å². The first-order valence-electron chi connectivity index (χ1n) is 3.95. The molecule has 0 aliphatic carbocycles. The Morgan fingerprint density at radius 3 is 2.36 bits per heavy atom. The minimum atomic E-state index is -1.47. The minimum absolute atomic E-state index is 0.0807. The van der Waals surface area contributed by atoms with Gasteiger partial charge < -0.3 is 15.4 Å². The Hall–Kier alpha value is -0.595. The monoisotopic (exact) mass is 305 g/mol. The van der Waals surface area contributed by atoms with E-state index < -0.39 is 7.12 Å². The Morgan fingerprint density at radius 1 is 1.36 bits per heavy atom. The normalized spacial score (nSPS) is 9.64. The third-order valence-electron chi connectivity index (χ3n) is 1.61. The first-order valence-corrected chi connectivity index (χ1v) is 5.48. The molecule has 0 atom stereocenters. The van der Waals surface area contributed by atoms with Crippen molar-refractivity contribution in [1.82, 2.24) is 0 Å². The summed E-state index contributed by atoms with van der Waals surface area (Å²) in [6.07, 6.45) is 0. The van der Waals surface area contributed by atoms with Crippen LogP contribution in [0.1, 0.15) is 0 Å². The number of hydrogen-bond donors (Lipinski definition) is 3. The first-order chi connectivity index (χ1) is 6.63. The van der Waals surface area contributed by atoms with Crippen LogP contribution in [0.5, 0.6) is 0 Å². The van der Waals surface area contributed by atoms with Crippen molar-refractivity contribution in [3.63, 3.8) is 0 Å². The van der Waals surface area contributed by atoms with Gasteiger partial charge in [-0.3, -0.25) is 4.79 Å². The van der Waals surface area contributed by atoms with Crippen LogP contribution in [0, 0.1) is 0 Å². The first kappa shape index (κ1) is 11.5. The molecule has 1 rings (SSSR count). The SMILES string of the molecule is O=C(CI)Nc1ccc(B(O)O)cc1. The molecule has 14 heavy (non-hydrogen) atoms. The second-order valence-electron chi connectivity index (χ2n) is 2.68. The van der Waals surface area contributed by atoms with Gasteiger partial charge in [-0.15, -0.1) is 0 Å². The number of anilines is 1.